The smallest absolute Gasteiger partial charge is 0.410 e. The molecule has 7 aliphatic rings. The Morgan fingerprint density at radius 1 is 0.353 bits per heavy atom. The van der Waals surface area contributed by atoms with Gasteiger partial charge < -0.3 is 67.0 Å². The van der Waals surface area contributed by atoms with Crippen LogP contribution in [0.3, 0.4) is 0 Å². The van der Waals surface area contributed by atoms with E-state index in [9.17, 15) is 56.7 Å². The number of carbonyl (C=O) groups is 5. The molecule has 1 N–H and O–H groups in total. The molecule has 6 aromatic rings. The Labute approximate surface area is 800 Å². The molecule has 0 bridgehead atoms. The van der Waals surface area contributed by atoms with Crippen molar-refractivity contribution in [2.75, 3.05) is 13.1 Å². The molecule has 3 saturated heterocycles. The molecule has 25 atom stereocenters. The number of amides is 3. The molecule has 4 saturated carbocycles. The maximum atomic E-state index is 13.9. The molecule has 0 radical (unpaired) electrons. The maximum absolute atomic E-state index is 13.9. The predicted octanol–water partition coefficient (Wildman–Crippen LogP) is 21.0. The van der Waals surface area contributed by atoms with Crippen molar-refractivity contribution >= 4 is 30.2 Å². The van der Waals surface area contributed by atoms with Gasteiger partial charge in [0.2, 0.25) is 0 Å². The number of aliphatic hydroxyl groups excluding tert-OH is 1. The Balaban J connectivity index is 0.000000215. The second-order valence-corrected chi connectivity index (χ2v) is 34.5. The van der Waals surface area contributed by atoms with Crippen molar-refractivity contribution in [3.8, 4) is 0 Å². The molecule has 139 heavy (non-hydrogen) atoms. The molecular weight excluding hydrogens is 1800 g/mol. The lowest BCUT2D eigenvalue weighted by Gasteiger charge is -2.46. The number of carbonyl (C=O) groups excluding carboxylic acids is 5. The molecule has 47 heteroatoms. The van der Waals surface area contributed by atoms with E-state index in [1.54, 1.807) is 35.5 Å². The fourth-order valence-corrected chi connectivity index (χ4v) is 18.0. The Bertz CT molecular complexity index is 5440. The quantitative estimate of drug-likeness (QED) is 0.0125. The molecule has 3 aliphatic heterocycles. The summed E-state index contributed by atoms with van der Waals surface area (Å²) >= 11 is 0. The molecule has 47 nitrogen and oxygen atoms in total. The second-order valence-electron chi connectivity index (χ2n) is 34.5. The second kappa shape index (κ2) is 55.1. The summed E-state index contributed by atoms with van der Waals surface area (Å²) < 4.78 is 66.7. The van der Waals surface area contributed by atoms with Gasteiger partial charge in [0.05, 0.1) is 85.9 Å². The fourth-order valence-electron chi connectivity index (χ4n) is 18.0. The third-order valence-electron chi connectivity index (χ3n) is 25.2. The number of ether oxygens (including phenoxy) is 11. The van der Waals surface area contributed by atoms with Crippen LogP contribution in [0.4, 0.5) is 14.4 Å². The van der Waals surface area contributed by atoms with Crippen LogP contribution in [-0.4, -0.2) is 197 Å². The van der Waals surface area contributed by atoms with Gasteiger partial charge >= 0.3 is 30.2 Å². The lowest BCUT2D eigenvalue weighted by molar-refractivity contribution is -0.259. The highest BCUT2D eigenvalue weighted by Gasteiger charge is 2.53. The van der Waals surface area contributed by atoms with Crippen LogP contribution in [0, 0.1) is 23.7 Å². The monoisotopic (exact) mass is 1910 g/mol. The summed E-state index contributed by atoms with van der Waals surface area (Å²) in [6, 6.07) is 49.6. The van der Waals surface area contributed by atoms with E-state index in [2.05, 4.69) is 90.2 Å². The van der Waals surface area contributed by atoms with Crippen molar-refractivity contribution in [2.24, 2.45) is 69.7 Å². The third-order valence-corrected chi connectivity index (χ3v) is 25.2. The number of benzene rings is 6. The molecule has 7 fully saturated rings. The summed E-state index contributed by atoms with van der Waals surface area (Å²) in [4.78, 5) is 96.0. The normalized spacial score (nSPS) is 27.7. The van der Waals surface area contributed by atoms with Crippen LogP contribution >= 0.6 is 0 Å². The molecule has 3 amide bonds. The minimum Gasteiger partial charge on any atom is -0.459 e. The number of hydrogen-bond acceptors (Lipinski definition) is 26. The number of hydrogen-bond donors (Lipinski definition) is 1. The third kappa shape index (κ3) is 31.3. The first-order valence-corrected chi connectivity index (χ1v) is 45.4. The largest absolute Gasteiger partial charge is 0.459 e. The summed E-state index contributed by atoms with van der Waals surface area (Å²) in [7, 11) is 0. The van der Waals surface area contributed by atoms with Gasteiger partial charge in [-0.2, -0.15) is 0 Å². The number of aliphatic hydroxyl groups is 1. The standard InChI is InChI=1S/C33H40N10O6.C30H36N10O6.C28H34N10O5.CH4/c1-20-26(38-41-35)17-27(39-42-36)31(30(20)47-21(2)44)49-32-25(37-40-34)15-16-28(48-32)29(24-13-14-24)43(18-22-9-5-3-6-10-22)33(45)46-19-23-11-7-4-8-12-23;1-19-25(35-38-32)15-26(36-39-33)28(27(19)44-20(2)41)46-29-24(34-37-31)14-13-23(45-29)17-40(16-21-9-5-3-6-10-21)30(42)43-18-22-11-7-4-8-12-22;1-18-23(33-36-30)14-24(34-37-31)26(25(18)39)43-27-22(32-35-29)13-12-21(42-27)16-38(15-19-8-4-2-5-9-19)28(40)41-17-20-10-6-3-7-11-20;/h3-12,20,24-32H,13-19H2,1-2H3;3-12,19,23-29H,13-18H2,1-2H3;2-11,18,21-27,39H,12-17H2,1H3;1H4. The van der Waals surface area contributed by atoms with Crippen molar-refractivity contribution in [3.05, 3.63) is 309 Å². The Morgan fingerprint density at radius 2 is 0.640 bits per heavy atom. The highest BCUT2D eigenvalue weighted by atomic mass is 16.7. The Morgan fingerprint density at radius 3 is 0.978 bits per heavy atom. The van der Waals surface area contributed by atoms with E-state index in [-0.39, 0.29) is 85.2 Å². The SMILES string of the molecule is C.CC(=O)OC1C(C)C(N=[N+]=[N-])CC(N=[N+]=[N-])C1OC1OC(C(C2CC2)N(Cc2ccccc2)C(=O)OCc2ccccc2)CCC1N=[N+]=[N-].CC(=O)OC1C(C)C(N=[N+]=[N-])CC(N=[N+]=[N-])C1OC1OC(CN(Cc2ccccc2)C(=O)OCc2ccccc2)CCC1N=[N+]=[N-].CC1C(N=[N+]=[N-])CC(N=[N+]=[N-])C(OC2OC(CN(Cc3ccccc3)C(=O)OCc3ccccc3)CCC2N=[N+]=[N-])C1O. The summed E-state index contributed by atoms with van der Waals surface area (Å²) in [6.45, 7) is 9.12. The van der Waals surface area contributed by atoms with Gasteiger partial charge in [0, 0.05) is 108 Å². The van der Waals surface area contributed by atoms with Gasteiger partial charge in [-0.25, -0.2) is 14.4 Å². The van der Waals surface area contributed by atoms with E-state index < -0.39 is 182 Å². The van der Waals surface area contributed by atoms with Crippen LogP contribution in [0.25, 0.3) is 94.0 Å². The van der Waals surface area contributed by atoms with E-state index in [1.807, 2.05) is 182 Å². The molecule has 25 unspecified atom stereocenters. The summed E-state index contributed by atoms with van der Waals surface area (Å²) in [5.41, 5.74) is 88.2. The molecule has 734 valence electrons. The van der Waals surface area contributed by atoms with E-state index in [4.69, 9.17) is 74.2 Å². The van der Waals surface area contributed by atoms with E-state index >= 15 is 0 Å². The molecule has 4 aliphatic carbocycles. The molecule has 0 aromatic heterocycles. The maximum Gasteiger partial charge on any atom is 0.410 e. The number of azide groups is 9. The van der Waals surface area contributed by atoms with Gasteiger partial charge in [0.15, 0.2) is 18.9 Å². The van der Waals surface area contributed by atoms with Crippen LogP contribution in [0.5, 0.6) is 0 Å². The lowest BCUT2D eigenvalue weighted by Crippen LogP contribution is -2.58. The highest BCUT2D eigenvalue weighted by Crippen LogP contribution is 2.45. The first-order chi connectivity index (χ1) is 67.1. The summed E-state index contributed by atoms with van der Waals surface area (Å²) in [6.07, 6.45) is -7.84. The molecule has 13 rings (SSSR count). The minimum absolute atomic E-state index is 0. The molecule has 6 aromatic carbocycles. The average molecular weight is 1910 g/mol. The summed E-state index contributed by atoms with van der Waals surface area (Å²) in [5.74, 6) is -2.55. The van der Waals surface area contributed by atoms with Crippen LogP contribution < -0.4 is 0 Å². The zero-order chi connectivity index (χ0) is 98.2. The number of esters is 2. The minimum atomic E-state index is -1.15. The van der Waals surface area contributed by atoms with Crippen LogP contribution in [0.15, 0.2) is 228 Å². The van der Waals surface area contributed by atoms with E-state index in [0.717, 1.165) is 46.2 Å². The number of rotatable bonds is 36. The van der Waals surface area contributed by atoms with Gasteiger partial charge in [-0.05, 0) is 166 Å². The molecule has 3 heterocycles. The lowest BCUT2D eigenvalue weighted by atomic mass is 9.79. The van der Waals surface area contributed by atoms with Gasteiger partial charge in [0.25, 0.3) is 0 Å². The molecule has 0 spiro atoms. The van der Waals surface area contributed by atoms with Crippen molar-refractivity contribution < 1.29 is 81.2 Å². The zero-order valence-electron chi connectivity index (χ0n) is 76.7. The summed E-state index contributed by atoms with van der Waals surface area (Å²) in [5, 5.41) is 45.7. The van der Waals surface area contributed by atoms with Crippen molar-refractivity contribution in [2.45, 2.75) is 286 Å². The van der Waals surface area contributed by atoms with Crippen LogP contribution in [0.1, 0.15) is 146 Å². The van der Waals surface area contributed by atoms with Gasteiger partial charge in [0.1, 0.15) is 44.2 Å². The van der Waals surface area contributed by atoms with Crippen molar-refractivity contribution in [3.63, 3.8) is 0 Å². The van der Waals surface area contributed by atoms with Crippen molar-refractivity contribution in [1.29, 1.82) is 0 Å². The molecular formula is C92H114N30O17. The van der Waals surface area contributed by atoms with Gasteiger partial charge in [-0.1, -0.05) is 256 Å². The Kier molecular flexibility index (Phi) is 42.3. The topological polar surface area (TPSA) is 656 Å². The van der Waals surface area contributed by atoms with Gasteiger partial charge in [-0.15, -0.1) is 0 Å². The van der Waals surface area contributed by atoms with E-state index in [1.165, 1.54) is 13.8 Å². The average Bonchev–Trinajstić information content (AvgIpc) is 1.76. The predicted molar refractivity (Wildman–Crippen MR) is 502 cm³/mol. The van der Waals surface area contributed by atoms with Crippen LogP contribution in [-0.2, 0) is 101 Å². The highest BCUT2D eigenvalue weighted by molar-refractivity contribution is 5.70. The fraction of sp³-hybridized carbons (Fsp3) is 0.554. The zero-order valence-corrected chi connectivity index (χ0v) is 76.7. The first-order valence-electron chi connectivity index (χ1n) is 45.4. The number of nitrogens with zero attached hydrogens (tertiary/aromatic N) is 30. The first kappa shape index (κ1) is 107. The van der Waals surface area contributed by atoms with E-state index in [0.29, 0.717) is 38.5 Å². The van der Waals surface area contributed by atoms with Gasteiger partial charge in [-0.3, -0.25) is 14.5 Å². The van der Waals surface area contributed by atoms with Crippen molar-refractivity contribution in [1.82, 2.24) is 14.7 Å². The van der Waals surface area contributed by atoms with Crippen LogP contribution in [0.2, 0.25) is 0 Å². The Hall–Kier alpha value is -14.4.